The van der Waals surface area contributed by atoms with Crippen molar-refractivity contribution in [1.29, 1.82) is 0 Å². The van der Waals surface area contributed by atoms with E-state index < -0.39 is 14.0 Å². The second kappa shape index (κ2) is 5.89. The molecule has 0 amide bonds. The Kier molecular flexibility index (Phi) is 5.43. The van der Waals surface area contributed by atoms with E-state index in [4.69, 9.17) is 4.89 Å². The summed E-state index contributed by atoms with van der Waals surface area (Å²) in [4.78, 5) is 18.6. The molecule has 11 heavy (non-hydrogen) atoms. The summed E-state index contributed by atoms with van der Waals surface area (Å²) in [5.41, 5.74) is 0. The highest BCUT2D eigenvalue weighted by atomic mass is 31.1. The number of hydrogen-bond acceptors (Lipinski definition) is 3. The largest absolute Gasteiger partial charge is 0.458 e. The van der Waals surface area contributed by atoms with Crippen molar-refractivity contribution in [1.82, 2.24) is 0 Å². The fourth-order valence-electron chi connectivity index (χ4n) is 0.338. The smallest absolute Gasteiger partial charge is 0.330 e. The van der Waals surface area contributed by atoms with Crippen LogP contribution in [-0.2, 0) is 14.1 Å². The molecule has 0 fully saturated rings. The summed E-state index contributed by atoms with van der Waals surface area (Å²) in [6.07, 6.45) is 2.33. The first-order valence-electron chi connectivity index (χ1n) is 2.85. The van der Waals surface area contributed by atoms with Gasteiger partial charge >= 0.3 is 5.97 Å². The van der Waals surface area contributed by atoms with Gasteiger partial charge in [0.1, 0.15) is 6.61 Å². The highest BCUT2D eigenvalue weighted by Gasteiger charge is 1.90. The SMILES string of the molecule is C=CC(=O)OCC=C[PH](=O)O. The monoisotopic (exact) mass is 176 g/mol. The Morgan fingerprint density at radius 2 is 2.36 bits per heavy atom. The average molecular weight is 176 g/mol. The van der Waals surface area contributed by atoms with E-state index in [1.54, 1.807) is 0 Å². The van der Waals surface area contributed by atoms with Crippen LogP contribution in [0.2, 0.25) is 0 Å². The van der Waals surface area contributed by atoms with Crippen LogP contribution >= 0.6 is 8.03 Å². The van der Waals surface area contributed by atoms with Crippen LogP contribution < -0.4 is 0 Å². The van der Waals surface area contributed by atoms with Gasteiger partial charge in [-0.2, -0.15) is 0 Å². The minimum absolute atomic E-state index is 0.00181. The quantitative estimate of drug-likeness (QED) is 0.389. The Labute approximate surface area is 65.0 Å². The lowest BCUT2D eigenvalue weighted by molar-refractivity contribution is -0.136. The molecule has 0 aromatic rings. The molecule has 0 aliphatic heterocycles. The first-order chi connectivity index (χ1) is 5.16. The van der Waals surface area contributed by atoms with Crippen molar-refractivity contribution < 1.29 is 19.0 Å². The van der Waals surface area contributed by atoms with Gasteiger partial charge in [-0.25, -0.2) is 4.79 Å². The van der Waals surface area contributed by atoms with E-state index in [1.807, 2.05) is 0 Å². The van der Waals surface area contributed by atoms with E-state index in [-0.39, 0.29) is 6.61 Å². The fourth-order valence-corrected chi connectivity index (χ4v) is 0.636. The summed E-state index contributed by atoms with van der Waals surface area (Å²) < 4.78 is 14.5. The van der Waals surface area contributed by atoms with Crippen LogP contribution in [0.25, 0.3) is 0 Å². The Hall–Kier alpha value is -0.860. The van der Waals surface area contributed by atoms with Gasteiger partial charge in [-0.1, -0.05) is 6.58 Å². The number of rotatable bonds is 4. The third-order valence-corrected chi connectivity index (χ3v) is 1.27. The molecule has 0 heterocycles. The predicted octanol–water partition coefficient (Wildman–Crippen LogP) is 0.696. The first kappa shape index (κ1) is 10.1. The number of carbonyl (C=O) groups is 1. The topological polar surface area (TPSA) is 63.6 Å². The second-order valence-electron chi connectivity index (χ2n) is 1.57. The van der Waals surface area contributed by atoms with E-state index >= 15 is 0 Å². The maximum absolute atomic E-state index is 10.4. The molecule has 1 unspecified atom stereocenters. The van der Waals surface area contributed by atoms with Crippen LogP contribution in [-0.4, -0.2) is 17.5 Å². The predicted molar refractivity (Wildman–Crippen MR) is 41.5 cm³/mol. The lowest BCUT2D eigenvalue weighted by atomic mass is 10.6. The molecule has 0 saturated carbocycles. The summed E-state index contributed by atoms with van der Waals surface area (Å²) >= 11 is 0. The third kappa shape index (κ3) is 7.03. The molecule has 0 aliphatic rings. The van der Waals surface area contributed by atoms with Crippen molar-refractivity contribution in [3.8, 4) is 0 Å². The highest BCUT2D eigenvalue weighted by Crippen LogP contribution is 2.13. The van der Waals surface area contributed by atoms with Crippen LogP contribution in [0.1, 0.15) is 0 Å². The molecule has 1 N–H and O–H groups in total. The van der Waals surface area contributed by atoms with Gasteiger partial charge in [0.2, 0.25) is 8.03 Å². The van der Waals surface area contributed by atoms with Gasteiger partial charge in [0.25, 0.3) is 0 Å². The van der Waals surface area contributed by atoms with E-state index in [0.29, 0.717) is 0 Å². The zero-order valence-electron chi connectivity index (χ0n) is 5.82. The summed E-state index contributed by atoms with van der Waals surface area (Å²) in [7, 11) is -2.59. The first-order valence-corrected chi connectivity index (χ1v) is 4.28. The van der Waals surface area contributed by atoms with Gasteiger partial charge in [0, 0.05) is 6.08 Å². The minimum atomic E-state index is -2.59. The van der Waals surface area contributed by atoms with Crippen LogP contribution in [0.15, 0.2) is 24.5 Å². The van der Waals surface area contributed by atoms with Gasteiger partial charge in [-0.15, -0.1) is 0 Å². The Bertz CT molecular complexity index is 197. The van der Waals surface area contributed by atoms with Crippen LogP contribution in [0.5, 0.6) is 0 Å². The van der Waals surface area contributed by atoms with E-state index in [2.05, 4.69) is 11.3 Å². The zero-order valence-corrected chi connectivity index (χ0v) is 6.82. The molecule has 5 heteroatoms. The van der Waals surface area contributed by atoms with Crippen LogP contribution in [0, 0.1) is 0 Å². The van der Waals surface area contributed by atoms with Crippen molar-refractivity contribution in [3.05, 3.63) is 24.5 Å². The summed E-state index contributed by atoms with van der Waals surface area (Å²) in [6, 6.07) is 0. The van der Waals surface area contributed by atoms with E-state index in [9.17, 15) is 9.36 Å². The standard InChI is InChI=1S/C6H9O4P/c1-2-6(7)10-4-3-5-11(8)9/h2-3,5,11H,1,4H2,(H,8,9). The van der Waals surface area contributed by atoms with Gasteiger partial charge < -0.3 is 9.63 Å². The molecule has 0 bridgehead atoms. The molecule has 1 atom stereocenters. The van der Waals surface area contributed by atoms with Gasteiger partial charge in [-0.3, -0.25) is 4.57 Å². The molecule has 0 aliphatic carbocycles. The molecule has 0 saturated heterocycles. The summed E-state index contributed by atoms with van der Waals surface area (Å²) in [5.74, 6) is 0.536. The Balaban J connectivity index is 3.49. The molecule has 62 valence electrons. The maximum atomic E-state index is 10.4. The van der Waals surface area contributed by atoms with Gasteiger partial charge in [0.05, 0.1) is 0 Å². The summed E-state index contributed by atoms with van der Waals surface area (Å²) in [5, 5.41) is 0. The van der Waals surface area contributed by atoms with E-state index in [1.165, 1.54) is 6.08 Å². The van der Waals surface area contributed by atoms with Crippen molar-refractivity contribution in [2.45, 2.75) is 0 Å². The molecule has 0 aromatic carbocycles. The van der Waals surface area contributed by atoms with Crippen molar-refractivity contribution >= 4 is 14.0 Å². The highest BCUT2D eigenvalue weighted by molar-refractivity contribution is 7.41. The third-order valence-electron chi connectivity index (χ3n) is 0.749. The average Bonchev–Trinajstić information content (AvgIpc) is 1.97. The normalized spacial score (nSPS) is 12.8. The Morgan fingerprint density at radius 3 is 2.82 bits per heavy atom. The van der Waals surface area contributed by atoms with Crippen LogP contribution in [0.3, 0.4) is 0 Å². The molecule has 0 aromatic heterocycles. The lowest BCUT2D eigenvalue weighted by Gasteiger charge is -1.93. The molecule has 0 spiro atoms. The molecule has 0 radical (unpaired) electrons. The van der Waals surface area contributed by atoms with Gasteiger partial charge in [-0.05, 0) is 11.9 Å². The number of carbonyl (C=O) groups excluding carboxylic acids is 1. The zero-order chi connectivity index (χ0) is 8.69. The number of esters is 1. The van der Waals surface area contributed by atoms with Crippen molar-refractivity contribution in [2.24, 2.45) is 0 Å². The van der Waals surface area contributed by atoms with E-state index in [0.717, 1.165) is 11.9 Å². The molecular weight excluding hydrogens is 167 g/mol. The van der Waals surface area contributed by atoms with Crippen molar-refractivity contribution in [3.63, 3.8) is 0 Å². The lowest BCUT2D eigenvalue weighted by Crippen LogP contribution is -1.98. The maximum Gasteiger partial charge on any atom is 0.330 e. The van der Waals surface area contributed by atoms with Crippen LogP contribution in [0.4, 0.5) is 0 Å². The van der Waals surface area contributed by atoms with Crippen molar-refractivity contribution in [2.75, 3.05) is 6.61 Å². The summed E-state index contributed by atoms with van der Waals surface area (Å²) in [6.45, 7) is 3.17. The second-order valence-corrected chi connectivity index (χ2v) is 2.58. The Morgan fingerprint density at radius 1 is 1.73 bits per heavy atom. The van der Waals surface area contributed by atoms with Gasteiger partial charge in [0.15, 0.2) is 0 Å². The molecular formula is C6H9O4P. The minimum Gasteiger partial charge on any atom is -0.458 e. The molecule has 4 nitrogen and oxygen atoms in total. The fraction of sp³-hybridized carbons (Fsp3) is 0.167. The molecule has 0 rings (SSSR count). The number of ether oxygens (including phenoxy) is 1. The number of hydrogen-bond donors (Lipinski definition) is 1.